The monoisotopic (exact) mass is 468 g/mol. The van der Waals surface area contributed by atoms with E-state index in [1.54, 1.807) is 0 Å². The largest absolute Gasteiger partial charge is 0.460 e. The van der Waals surface area contributed by atoms with Crippen LogP contribution in [0.3, 0.4) is 0 Å². The topological polar surface area (TPSA) is 9.23 Å². The highest BCUT2D eigenvalue weighted by molar-refractivity contribution is 5.28. The fraction of sp³-hybridized carbons (Fsp3) is 0.625. The summed E-state index contributed by atoms with van der Waals surface area (Å²) in [6, 6.07) is 4.88. The third-order valence-corrected chi connectivity index (χ3v) is 4.26. The van der Waals surface area contributed by atoms with Crippen molar-refractivity contribution in [1.29, 1.82) is 0 Å². The lowest BCUT2D eigenvalue weighted by molar-refractivity contribution is -0.440. The number of ether oxygens (including phenoxy) is 1. The second kappa shape index (κ2) is 7.75. The maximum absolute atomic E-state index is 14.0. The van der Waals surface area contributed by atoms with E-state index in [2.05, 4.69) is 4.74 Å². The van der Waals surface area contributed by atoms with Crippen LogP contribution in [0.2, 0.25) is 0 Å². The van der Waals surface area contributed by atoms with Crippen molar-refractivity contribution in [3.8, 4) is 0 Å². The van der Waals surface area contributed by atoms with Crippen LogP contribution in [0.1, 0.15) is 23.7 Å². The summed E-state index contributed by atoms with van der Waals surface area (Å²) in [5, 5.41) is 0. The van der Waals surface area contributed by atoms with Gasteiger partial charge in [-0.3, -0.25) is 0 Å². The summed E-state index contributed by atoms with van der Waals surface area (Å²) in [7, 11) is 0.676. The quantitative estimate of drug-likeness (QED) is 0.381. The molecule has 0 aliphatic rings. The van der Waals surface area contributed by atoms with Crippen LogP contribution in [0.15, 0.2) is 24.3 Å². The highest BCUT2D eigenvalue weighted by atomic mass is 19.4. The highest BCUT2D eigenvalue weighted by Gasteiger charge is 2.90. The van der Waals surface area contributed by atoms with Crippen LogP contribution in [0.25, 0.3) is 0 Å². The van der Waals surface area contributed by atoms with Gasteiger partial charge in [0, 0.05) is 13.5 Å². The van der Waals surface area contributed by atoms with Crippen molar-refractivity contribution < 1.29 is 61.8 Å². The van der Waals surface area contributed by atoms with Crippen LogP contribution in [0.4, 0.5) is 57.1 Å². The Balaban J connectivity index is 3.43. The predicted molar refractivity (Wildman–Crippen MR) is 76.3 cm³/mol. The van der Waals surface area contributed by atoms with Crippen molar-refractivity contribution in [2.45, 2.75) is 55.2 Å². The van der Waals surface area contributed by atoms with Crippen molar-refractivity contribution in [2.24, 2.45) is 0 Å². The first-order valence-electron chi connectivity index (χ1n) is 7.73. The van der Waals surface area contributed by atoms with E-state index in [9.17, 15) is 57.1 Å². The molecule has 14 heteroatoms. The first-order valence-corrected chi connectivity index (χ1v) is 7.73. The molecule has 0 N–H and O–H groups in total. The Hall–Kier alpha value is -1.73. The number of hydrogen-bond acceptors (Lipinski definition) is 1. The van der Waals surface area contributed by atoms with Crippen LogP contribution >= 0.6 is 0 Å². The summed E-state index contributed by atoms with van der Waals surface area (Å²) in [6.07, 6.45) is -12.0. The Labute approximate surface area is 160 Å². The maximum atomic E-state index is 14.0. The van der Waals surface area contributed by atoms with Crippen LogP contribution in [-0.4, -0.2) is 42.9 Å². The zero-order valence-electron chi connectivity index (χ0n) is 14.9. The molecule has 1 rings (SSSR count). The van der Waals surface area contributed by atoms with Crippen LogP contribution < -0.4 is 0 Å². The van der Waals surface area contributed by atoms with Gasteiger partial charge in [0.2, 0.25) is 0 Å². The first kappa shape index (κ1) is 26.3. The van der Waals surface area contributed by atoms with Gasteiger partial charge < -0.3 is 4.74 Å². The van der Waals surface area contributed by atoms with Crippen molar-refractivity contribution >= 4 is 0 Å². The van der Waals surface area contributed by atoms with Gasteiger partial charge in [-0.05, 0) is 18.1 Å². The Morgan fingerprint density at radius 3 is 1.53 bits per heavy atom. The molecule has 0 aromatic heterocycles. The van der Waals surface area contributed by atoms with Gasteiger partial charge in [0.15, 0.2) is 0 Å². The van der Waals surface area contributed by atoms with E-state index in [1.165, 1.54) is 25.1 Å². The molecule has 0 heterocycles. The van der Waals surface area contributed by atoms with E-state index in [1.807, 2.05) is 0 Å². The molecule has 30 heavy (non-hydrogen) atoms. The number of benzene rings is 1. The lowest BCUT2D eigenvalue weighted by Gasteiger charge is -2.40. The van der Waals surface area contributed by atoms with Gasteiger partial charge in [0.1, 0.15) is 0 Å². The van der Waals surface area contributed by atoms with Gasteiger partial charge in [-0.15, -0.1) is 0 Å². The highest BCUT2D eigenvalue weighted by Crippen LogP contribution is 2.61. The Kier molecular flexibility index (Phi) is 6.80. The van der Waals surface area contributed by atoms with Crippen molar-refractivity contribution in [3.05, 3.63) is 35.4 Å². The number of hydrogen-bond donors (Lipinski definition) is 0. The van der Waals surface area contributed by atoms with Crippen LogP contribution in [-0.2, 0) is 4.74 Å². The molecule has 1 unspecified atom stereocenters. The smallest absolute Gasteiger partial charge is 0.377 e. The minimum Gasteiger partial charge on any atom is -0.377 e. The molecular weight excluding hydrogens is 455 g/mol. The second-order valence-electron chi connectivity index (χ2n) is 6.28. The zero-order valence-corrected chi connectivity index (χ0v) is 14.9. The molecule has 1 nitrogen and oxygen atoms in total. The van der Waals surface area contributed by atoms with Crippen molar-refractivity contribution in [2.75, 3.05) is 7.11 Å². The van der Waals surface area contributed by atoms with Gasteiger partial charge in [0.25, 0.3) is 0 Å². The Morgan fingerprint density at radius 2 is 1.13 bits per heavy atom. The molecule has 174 valence electrons. The van der Waals surface area contributed by atoms with Crippen molar-refractivity contribution in [3.63, 3.8) is 0 Å². The molecule has 0 saturated heterocycles. The van der Waals surface area contributed by atoms with Gasteiger partial charge >= 0.3 is 35.8 Å². The average Bonchev–Trinajstić information content (AvgIpc) is 2.58. The lowest BCUT2D eigenvalue weighted by Crippen LogP contribution is -2.70. The van der Waals surface area contributed by atoms with E-state index in [0.29, 0.717) is 7.11 Å². The SMILES string of the molecule is COC(CC(F)(F)C(F)(F)C(F)(F)C(F)(F)C(F)(F)C(F)(F)F)c1ccccc1C. The molecule has 0 saturated carbocycles. The van der Waals surface area contributed by atoms with E-state index in [-0.39, 0.29) is 11.1 Å². The van der Waals surface area contributed by atoms with Gasteiger partial charge in [0.05, 0.1) is 6.10 Å². The molecule has 0 fully saturated rings. The third-order valence-electron chi connectivity index (χ3n) is 4.26. The molecule has 0 aliphatic heterocycles. The fourth-order valence-corrected chi connectivity index (χ4v) is 2.43. The van der Waals surface area contributed by atoms with E-state index < -0.39 is 48.3 Å². The van der Waals surface area contributed by atoms with Gasteiger partial charge in [-0.2, -0.15) is 57.1 Å². The maximum Gasteiger partial charge on any atom is 0.460 e. The summed E-state index contributed by atoms with van der Waals surface area (Å²) in [6.45, 7) is 1.27. The van der Waals surface area contributed by atoms with Crippen LogP contribution in [0.5, 0.6) is 0 Å². The molecule has 0 aliphatic carbocycles. The number of rotatable bonds is 8. The van der Waals surface area contributed by atoms with Crippen molar-refractivity contribution in [1.82, 2.24) is 0 Å². The molecule has 0 amide bonds. The summed E-state index contributed by atoms with van der Waals surface area (Å²) >= 11 is 0. The van der Waals surface area contributed by atoms with E-state index in [0.717, 1.165) is 6.07 Å². The number of aryl methyl sites for hydroxylation is 1. The lowest BCUT2D eigenvalue weighted by atomic mass is 9.89. The predicted octanol–water partition coefficient (Wildman–Crippen LogP) is 6.81. The molecule has 1 aromatic carbocycles. The Morgan fingerprint density at radius 1 is 0.700 bits per heavy atom. The second-order valence-corrected chi connectivity index (χ2v) is 6.28. The molecular formula is C16H13F13O. The summed E-state index contributed by atoms with van der Waals surface area (Å²) in [5.74, 6) is -37.0. The molecule has 1 atom stereocenters. The number of alkyl halides is 13. The fourth-order valence-electron chi connectivity index (χ4n) is 2.43. The molecule has 0 bridgehead atoms. The standard InChI is InChI=1S/C16H13F13O/c1-8-5-3-4-6-9(8)10(30-2)7-11(17,18)12(19,20)13(21,22)14(23,24)15(25,26)16(27,28)29/h3-6,10H,7H2,1-2H3. The van der Waals surface area contributed by atoms with E-state index >= 15 is 0 Å². The zero-order chi connectivity index (χ0) is 24.0. The van der Waals surface area contributed by atoms with Gasteiger partial charge in [-0.25, -0.2) is 0 Å². The van der Waals surface area contributed by atoms with Crippen LogP contribution in [0, 0.1) is 6.92 Å². The normalized spacial score (nSPS) is 16.0. The minimum absolute atomic E-state index is 0.129. The summed E-state index contributed by atoms with van der Waals surface area (Å²) in [4.78, 5) is 0. The molecule has 0 radical (unpaired) electrons. The summed E-state index contributed by atoms with van der Waals surface area (Å²) in [5.41, 5.74) is -0.129. The minimum atomic E-state index is -7.91. The third kappa shape index (κ3) is 3.94. The number of halogens is 13. The molecule has 0 spiro atoms. The Bertz CT molecular complexity index is 739. The summed E-state index contributed by atoms with van der Waals surface area (Å²) < 4.78 is 175. The van der Waals surface area contributed by atoms with E-state index in [4.69, 9.17) is 0 Å². The molecule has 1 aromatic rings. The van der Waals surface area contributed by atoms with Gasteiger partial charge in [-0.1, -0.05) is 24.3 Å². The first-order chi connectivity index (χ1) is 13.2. The average molecular weight is 468 g/mol. The number of methoxy groups -OCH3 is 1.